The molecule has 0 aliphatic carbocycles. The van der Waals surface area contributed by atoms with Gasteiger partial charge in [0.05, 0.1) is 28.5 Å². The molecule has 3 aliphatic heterocycles. The second-order valence-electron chi connectivity index (χ2n) is 11.2. The molecule has 9 nitrogen and oxygen atoms in total. The number of anilines is 2. The van der Waals surface area contributed by atoms with Crippen LogP contribution in [0.15, 0.2) is 109 Å². The third-order valence-electron chi connectivity index (χ3n) is 8.73. The number of fused-ring (bicyclic) bond motifs is 5. The van der Waals surface area contributed by atoms with Crippen LogP contribution in [-0.4, -0.2) is 34.8 Å². The molecule has 4 atom stereocenters. The van der Waals surface area contributed by atoms with Crippen molar-refractivity contribution in [1.29, 1.82) is 0 Å². The van der Waals surface area contributed by atoms with Crippen molar-refractivity contribution in [1.82, 2.24) is 0 Å². The largest absolute Gasteiger partial charge is 0.451 e. The molecule has 0 spiro atoms. The summed E-state index contributed by atoms with van der Waals surface area (Å²) < 4.78 is 6.31. The molecule has 0 unspecified atom stereocenters. The Morgan fingerprint density at radius 3 is 2.07 bits per heavy atom. The third-order valence-corrected chi connectivity index (χ3v) is 8.73. The van der Waals surface area contributed by atoms with E-state index in [1.54, 1.807) is 6.92 Å². The van der Waals surface area contributed by atoms with Gasteiger partial charge in [-0.25, -0.2) is 9.69 Å². The van der Waals surface area contributed by atoms with Gasteiger partial charge in [0.2, 0.25) is 11.8 Å². The molecule has 44 heavy (non-hydrogen) atoms. The minimum Gasteiger partial charge on any atom is -0.451 e. The maximum Gasteiger partial charge on any atom is 0.330 e. The molecule has 9 heteroatoms. The number of nitrogens with zero attached hydrogens (tertiary/aromatic N) is 3. The molecule has 0 aromatic heterocycles. The third kappa shape index (κ3) is 4.27. The predicted octanol–water partition coefficient (Wildman–Crippen LogP) is 5.63. The highest BCUT2D eigenvalue weighted by atomic mass is 16.6. The second kappa shape index (κ2) is 10.6. The summed E-state index contributed by atoms with van der Waals surface area (Å²) >= 11 is 0. The average molecular weight is 586 g/mol. The fourth-order valence-corrected chi connectivity index (χ4v) is 6.80. The Bertz CT molecular complexity index is 1800. The van der Waals surface area contributed by atoms with Gasteiger partial charge in [-0.1, -0.05) is 91.0 Å². The number of esters is 1. The summed E-state index contributed by atoms with van der Waals surface area (Å²) in [5.74, 6) is -3.48. The number of non-ortho nitro benzene ring substituents is 1. The quantitative estimate of drug-likeness (QED) is 0.125. The summed E-state index contributed by atoms with van der Waals surface area (Å²) in [7, 11) is 0. The number of hydrogen-bond donors (Lipinski definition) is 0. The summed E-state index contributed by atoms with van der Waals surface area (Å²) in [6.07, 6.45) is 3.05. The van der Waals surface area contributed by atoms with Gasteiger partial charge in [-0.15, -0.1) is 0 Å². The van der Waals surface area contributed by atoms with E-state index in [4.69, 9.17) is 4.74 Å². The Morgan fingerprint density at radius 1 is 0.818 bits per heavy atom. The van der Waals surface area contributed by atoms with Crippen LogP contribution in [-0.2, 0) is 19.1 Å². The summed E-state index contributed by atoms with van der Waals surface area (Å²) in [5, 5.41) is 11.3. The number of carbonyl (C=O) groups excluding carboxylic acids is 3. The highest BCUT2D eigenvalue weighted by Crippen LogP contribution is 2.50. The number of aryl methyl sites for hydroxylation is 1. The van der Waals surface area contributed by atoms with E-state index in [0.717, 1.165) is 27.3 Å². The van der Waals surface area contributed by atoms with Crippen molar-refractivity contribution < 1.29 is 24.0 Å². The lowest BCUT2D eigenvalue weighted by Crippen LogP contribution is -2.49. The van der Waals surface area contributed by atoms with Crippen molar-refractivity contribution in [2.75, 3.05) is 9.80 Å². The first kappa shape index (κ1) is 27.3. The van der Waals surface area contributed by atoms with E-state index < -0.39 is 52.7 Å². The maximum absolute atomic E-state index is 14.4. The lowest BCUT2D eigenvalue weighted by Gasteiger charge is -2.36. The van der Waals surface area contributed by atoms with E-state index in [1.165, 1.54) is 18.2 Å². The lowest BCUT2D eigenvalue weighted by atomic mass is 9.88. The van der Waals surface area contributed by atoms with Crippen molar-refractivity contribution in [2.24, 2.45) is 11.8 Å². The van der Waals surface area contributed by atoms with Gasteiger partial charge in [-0.3, -0.25) is 19.7 Å². The maximum atomic E-state index is 14.4. The van der Waals surface area contributed by atoms with Gasteiger partial charge >= 0.3 is 5.97 Å². The van der Waals surface area contributed by atoms with Crippen LogP contribution >= 0.6 is 0 Å². The van der Waals surface area contributed by atoms with Crippen LogP contribution in [0.4, 0.5) is 17.1 Å². The zero-order chi connectivity index (χ0) is 30.5. The van der Waals surface area contributed by atoms with E-state index >= 15 is 0 Å². The van der Waals surface area contributed by atoms with Crippen LogP contribution in [0.3, 0.4) is 0 Å². The molecule has 2 saturated heterocycles. The van der Waals surface area contributed by atoms with Crippen molar-refractivity contribution in [2.45, 2.75) is 25.1 Å². The number of para-hydroxylation sites is 1. The first-order valence-corrected chi connectivity index (χ1v) is 14.3. The van der Waals surface area contributed by atoms with Crippen LogP contribution in [0.25, 0.3) is 6.08 Å². The van der Waals surface area contributed by atoms with Crippen LogP contribution in [0, 0.1) is 28.9 Å². The summed E-state index contributed by atoms with van der Waals surface area (Å²) in [6.45, 7) is 1.62. The highest BCUT2D eigenvalue weighted by Gasteiger charge is 2.65. The average Bonchev–Trinajstić information content (AvgIpc) is 3.53. The van der Waals surface area contributed by atoms with E-state index in [-0.39, 0.29) is 11.4 Å². The fourth-order valence-electron chi connectivity index (χ4n) is 6.80. The van der Waals surface area contributed by atoms with Crippen molar-refractivity contribution in [3.05, 3.63) is 142 Å². The van der Waals surface area contributed by atoms with Crippen LogP contribution in [0.2, 0.25) is 0 Å². The van der Waals surface area contributed by atoms with Gasteiger partial charge in [0.1, 0.15) is 6.04 Å². The Morgan fingerprint density at radius 2 is 1.43 bits per heavy atom. The molecule has 0 saturated carbocycles. The topological polar surface area (TPSA) is 110 Å². The smallest absolute Gasteiger partial charge is 0.330 e. The molecule has 3 heterocycles. The molecule has 0 N–H and O–H groups in total. The van der Waals surface area contributed by atoms with Gasteiger partial charge in [0, 0.05) is 17.8 Å². The Balaban J connectivity index is 1.32. The number of imide groups is 1. The number of benzene rings is 4. The molecule has 3 aliphatic rings. The number of hydrogen-bond acceptors (Lipinski definition) is 7. The molecule has 2 fully saturated rings. The Kier molecular flexibility index (Phi) is 6.58. The molecule has 4 aromatic carbocycles. The van der Waals surface area contributed by atoms with Gasteiger partial charge in [0.15, 0.2) is 6.10 Å². The van der Waals surface area contributed by atoms with E-state index in [0.29, 0.717) is 5.56 Å². The standard InChI is InChI=1S/C35H27N3O6/c1-21-20-25(38(42)43)17-19-26(21)37-33(39)29-28-18-16-22-10-8-9-15-27(22)36(28)31(30(29)34(37)40)35(41)44-32(23-11-4-2-5-12-23)24-13-6-3-7-14-24/h2-20,28-32H,1H3/t28-,29-,30-,31+/m0/s1. The van der Waals surface area contributed by atoms with E-state index in [1.807, 2.05) is 102 Å². The molecule has 4 aromatic rings. The number of rotatable bonds is 6. The van der Waals surface area contributed by atoms with Crippen molar-refractivity contribution >= 4 is 40.9 Å². The van der Waals surface area contributed by atoms with E-state index in [2.05, 4.69) is 0 Å². The zero-order valence-corrected chi connectivity index (χ0v) is 23.6. The SMILES string of the molecule is Cc1cc([N+](=O)[O-])ccc1N1C(=O)[C@@H]2[C@H](C1=O)[C@H](C(=O)OC(c1ccccc1)c1ccccc1)N1c3ccccc3C=C[C@@H]21. The normalized spacial score (nSPS) is 21.7. The van der Waals surface area contributed by atoms with Crippen molar-refractivity contribution in [3.63, 3.8) is 0 Å². The lowest BCUT2D eigenvalue weighted by molar-refractivity contribution is -0.384. The number of ether oxygens (including phenoxy) is 1. The van der Waals surface area contributed by atoms with Crippen LogP contribution in [0.5, 0.6) is 0 Å². The van der Waals surface area contributed by atoms with Gasteiger partial charge in [-0.05, 0) is 41.3 Å². The minimum absolute atomic E-state index is 0.141. The molecular weight excluding hydrogens is 558 g/mol. The monoisotopic (exact) mass is 585 g/mol. The number of carbonyl (C=O) groups is 3. The molecule has 0 radical (unpaired) electrons. The summed E-state index contributed by atoms with van der Waals surface area (Å²) in [4.78, 5) is 56.6. The number of nitro groups is 1. The van der Waals surface area contributed by atoms with Crippen LogP contribution < -0.4 is 9.80 Å². The minimum atomic E-state index is -1.09. The Hall–Kier alpha value is -5.57. The first-order valence-electron chi connectivity index (χ1n) is 14.3. The van der Waals surface area contributed by atoms with Gasteiger partial charge in [-0.2, -0.15) is 0 Å². The molecule has 7 rings (SSSR count). The second-order valence-corrected chi connectivity index (χ2v) is 11.2. The summed E-state index contributed by atoms with van der Waals surface area (Å²) in [5.41, 5.74) is 3.69. The molecule has 218 valence electrons. The predicted molar refractivity (Wildman–Crippen MR) is 164 cm³/mol. The molecule has 2 amide bonds. The fraction of sp³-hybridized carbons (Fsp3) is 0.171. The summed E-state index contributed by atoms with van der Waals surface area (Å²) in [6, 6.07) is 28.7. The zero-order valence-electron chi connectivity index (χ0n) is 23.6. The van der Waals surface area contributed by atoms with Crippen LogP contribution in [0.1, 0.15) is 28.4 Å². The molecular formula is C35H27N3O6. The van der Waals surface area contributed by atoms with Crippen molar-refractivity contribution in [3.8, 4) is 0 Å². The first-order chi connectivity index (χ1) is 21.3. The molecule has 0 bridgehead atoms. The van der Waals surface area contributed by atoms with Gasteiger partial charge in [0.25, 0.3) is 5.69 Å². The Labute approximate surface area is 253 Å². The number of nitro benzene ring substituents is 1. The highest BCUT2D eigenvalue weighted by molar-refractivity contribution is 6.25. The number of amides is 2. The van der Waals surface area contributed by atoms with Gasteiger partial charge < -0.3 is 9.64 Å². The van der Waals surface area contributed by atoms with E-state index in [9.17, 15) is 24.5 Å².